The highest BCUT2D eigenvalue weighted by atomic mass is 16.5. The number of pyridine rings is 1. The van der Waals surface area contributed by atoms with E-state index in [4.69, 9.17) is 14.2 Å². The Morgan fingerprint density at radius 1 is 1.22 bits per heavy atom. The SMILES string of the molecule is COCCNc1ccc(-c2noc(C3CCCN3Cc3cn(C)c4ccccc34)n2)cn1. The van der Waals surface area contributed by atoms with Gasteiger partial charge in [0.15, 0.2) is 0 Å². The van der Waals surface area contributed by atoms with Gasteiger partial charge in [-0.05, 0) is 43.1 Å². The molecule has 1 aliphatic heterocycles. The third-order valence-electron chi connectivity index (χ3n) is 6.08. The van der Waals surface area contributed by atoms with E-state index >= 15 is 0 Å². The highest BCUT2D eigenvalue weighted by Crippen LogP contribution is 2.34. The van der Waals surface area contributed by atoms with E-state index in [0.29, 0.717) is 24.9 Å². The van der Waals surface area contributed by atoms with E-state index in [9.17, 15) is 0 Å². The van der Waals surface area contributed by atoms with Gasteiger partial charge in [0.2, 0.25) is 11.7 Å². The van der Waals surface area contributed by atoms with Crippen molar-refractivity contribution in [2.45, 2.75) is 25.4 Å². The van der Waals surface area contributed by atoms with Gasteiger partial charge in [0, 0.05) is 56.1 Å². The number of nitrogens with zero attached hydrogens (tertiary/aromatic N) is 5. The molecule has 0 aliphatic carbocycles. The lowest BCUT2D eigenvalue weighted by molar-refractivity contribution is 0.201. The van der Waals surface area contributed by atoms with E-state index < -0.39 is 0 Å². The molecular formula is C24H28N6O2. The fraction of sp³-hybridized carbons (Fsp3) is 0.375. The molecule has 8 heteroatoms. The van der Waals surface area contributed by atoms with Crippen molar-refractivity contribution in [3.8, 4) is 11.4 Å². The minimum atomic E-state index is 0.137. The molecule has 166 valence electrons. The summed E-state index contributed by atoms with van der Waals surface area (Å²) in [5, 5.41) is 8.75. The fourth-order valence-corrected chi connectivity index (χ4v) is 4.47. The van der Waals surface area contributed by atoms with Crippen molar-refractivity contribution in [2.75, 3.05) is 32.1 Å². The third-order valence-corrected chi connectivity index (χ3v) is 6.08. The summed E-state index contributed by atoms with van der Waals surface area (Å²) in [5.74, 6) is 2.06. The Labute approximate surface area is 187 Å². The number of rotatable bonds is 8. The highest BCUT2D eigenvalue weighted by molar-refractivity contribution is 5.83. The maximum absolute atomic E-state index is 5.71. The lowest BCUT2D eigenvalue weighted by Gasteiger charge is -2.21. The first-order valence-corrected chi connectivity index (χ1v) is 11.0. The zero-order valence-electron chi connectivity index (χ0n) is 18.5. The summed E-state index contributed by atoms with van der Waals surface area (Å²) in [6.07, 6.45) is 6.14. The van der Waals surface area contributed by atoms with Crippen molar-refractivity contribution in [3.63, 3.8) is 0 Å². The van der Waals surface area contributed by atoms with E-state index in [0.717, 1.165) is 37.3 Å². The Morgan fingerprint density at radius 3 is 2.97 bits per heavy atom. The molecule has 1 N–H and O–H groups in total. The van der Waals surface area contributed by atoms with Gasteiger partial charge in [-0.25, -0.2) is 4.98 Å². The molecule has 1 aromatic carbocycles. The number of hydrogen-bond acceptors (Lipinski definition) is 7. The molecule has 5 rings (SSSR count). The fourth-order valence-electron chi connectivity index (χ4n) is 4.47. The molecule has 4 heterocycles. The summed E-state index contributed by atoms with van der Waals surface area (Å²) in [6, 6.07) is 12.6. The molecule has 1 aliphatic rings. The van der Waals surface area contributed by atoms with Gasteiger partial charge in [-0.1, -0.05) is 23.4 Å². The number of methoxy groups -OCH3 is 1. The van der Waals surface area contributed by atoms with E-state index in [1.54, 1.807) is 13.3 Å². The summed E-state index contributed by atoms with van der Waals surface area (Å²) in [5.41, 5.74) is 3.43. The average Bonchev–Trinajstić information content (AvgIpc) is 3.55. The van der Waals surface area contributed by atoms with Crippen LogP contribution >= 0.6 is 0 Å². The van der Waals surface area contributed by atoms with Crippen LogP contribution in [0.15, 0.2) is 53.3 Å². The summed E-state index contributed by atoms with van der Waals surface area (Å²) < 4.78 is 12.9. The zero-order valence-corrected chi connectivity index (χ0v) is 18.5. The van der Waals surface area contributed by atoms with Crippen molar-refractivity contribution < 1.29 is 9.26 Å². The molecule has 1 saturated heterocycles. The van der Waals surface area contributed by atoms with Crippen molar-refractivity contribution in [1.82, 2.24) is 24.6 Å². The van der Waals surface area contributed by atoms with Crippen LogP contribution < -0.4 is 5.32 Å². The van der Waals surface area contributed by atoms with Crippen LogP contribution in [0.2, 0.25) is 0 Å². The second-order valence-electron chi connectivity index (χ2n) is 8.22. The second-order valence-corrected chi connectivity index (χ2v) is 8.22. The van der Waals surface area contributed by atoms with Crippen LogP contribution in [0.5, 0.6) is 0 Å². The Hall–Kier alpha value is -3.23. The molecule has 8 nitrogen and oxygen atoms in total. The molecular weight excluding hydrogens is 404 g/mol. The molecule has 0 amide bonds. The molecule has 0 spiro atoms. The number of anilines is 1. The monoisotopic (exact) mass is 432 g/mol. The number of para-hydroxylation sites is 1. The van der Waals surface area contributed by atoms with Gasteiger partial charge >= 0.3 is 0 Å². The quantitative estimate of drug-likeness (QED) is 0.421. The minimum absolute atomic E-state index is 0.137. The topological polar surface area (TPSA) is 81.2 Å². The van der Waals surface area contributed by atoms with Gasteiger partial charge in [-0.3, -0.25) is 4.90 Å². The van der Waals surface area contributed by atoms with Gasteiger partial charge in [-0.2, -0.15) is 4.98 Å². The van der Waals surface area contributed by atoms with E-state index in [1.165, 1.54) is 16.5 Å². The van der Waals surface area contributed by atoms with Crippen LogP contribution in [0, 0.1) is 0 Å². The largest absolute Gasteiger partial charge is 0.383 e. The van der Waals surface area contributed by atoms with Crippen molar-refractivity contribution >= 4 is 16.7 Å². The molecule has 1 atom stereocenters. The number of benzene rings is 1. The maximum Gasteiger partial charge on any atom is 0.244 e. The van der Waals surface area contributed by atoms with Gasteiger partial charge in [-0.15, -0.1) is 0 Å². The second kappa shape index (κ2) is 9.10. The van der Waals surface area contributed by atoms with Gasteiger partial charge in [0.05, 0.1) is 12.6 Å². The first kappa shape index (κ1) is 20.7. The number of nitrogens with one attached hydrogen (secondary N) is 1. The molecule has 0 saturated carbocycles. The molecule has 1 fully saturated rings. The Bertz CT molecular complexity index is 1180. The number of likely N-dealkylation sites (tertiary alicyclic amines) is 1. The van der Waals surface area contributed by atoms with E-state index in [2.05, 4.69) is 62.4 Å². The summed E-state index contributed by atoms with van der Waals surface area (Å²) in [7, 11) is 3.78. The van der Waals surface area contributed by atoms with Crippen molar-refractivity contribution in [2.24, 2.45) is 7.05 Å². The molecule has 4 aromatic rings. The summed E-state index contributed by atoms with van der Waals surface area (Å²) in [4.78, 5) is 11.6. The van der Waals surface area contributed by atoms with Crippen molar-refractivity contribution in [1.29, 1.82) is 0 Å². The lowest BCUT2D eigenvalue weighted by atomic mass is 10.1. The average molecular weight is 433 g/mol. The summed E-state index contributed by atoms with van der Waals surface area (Å²) >= 11 is 0. The van der Waals surface area contributed by atoms with Crippen LogP contribution in [0.3, 0.4) is 0 Å². The zero-order chi connectivity index (χ0) is 21.9. The van der Waals surface area contributed by atoms with Gasteiger partial charge < -0.3 is 19.1 Å². The van der Waals surface area contributed by atoms with E-state index in [1.807, 2.05) is 12.1 Å². The molecule has 3 aromatic heterocycles. The molecule has 1 unspecified atom stereocenters. The van der Waals surface area contributed by atoms with Crippen LogP contribution in [0.25, 0.3) is 22.3 Å². The number of aromatic nitrogens is 4. The first-order chi connectivity index (χ1) is 15.7. The number of fused-ring (bicyclic) bond motifs is 1. The van der Waals surface area contributed by atoms with Crippen LogP contribution in [-0.4, -0.2) is 51.4 Å². The maximum atomic E-state index is 5.71. The third kappa shape index (κ3) is 4.11. The number of hydrogen-bond donors (Lipinski definition) is 1. The van der Waals surface area contributed by atoms with Crippen LogP contribution in [0.1, 0.15) is 30.3 Å². The Morgan fingerprint density at radius 2 is 2.12 bits per heavy atom. The standard InChI is InChI=1S/C24H28N6O2/c1-29-15-18(19-6-3-4-7-20(19)29)16-30-12-5-8-21(30)24-27-23(28-32-24)17-9-10-22(26-14-17)25-11-13-31-2/h3-4,6-7,9-10,14-15,21H,5,8,11-13,16H2,1-2H3,(H,25,26). The number of aryl methyl sites for hydroxylation is 1. The van der Waals surface area contributed by atoms with E-state index in [-0.39, 0.29) is 6.04 Å². The lowest BCUT2D eigenvalue weighted by Crippen LogP contribution is -2.22. The smallest absolute Gasteiger partial charge is 0.244 e. The molecule has 0 bridgehead atoms. The summed E-state index contributed by atoms with van der Waals surface area (Å²) in [6.45, 7) is 3.24. The van der Waals surface area contributed by atoms with Gasteiger partial charge in [0.25, 0.3) is 0 Å². The predicted octanol–water partition coefficient (Wildman–Crippen LogP) is 4.02. The van der Waals surface area contributed by atoms with Crippen LogP contribution in [-0.2, 0) is 18.3 Å². The molecule has 0 radical (unpaired) electrons. The van der Waals surface area contributed by atoms with Gasteiger partial charge in [0.1, 0.15) is 5.82 Å². The number of ether oxygens (including phenoxy) is 1. The highest BCUT2D eigenvalue weighted by Gasteiger charge is 2.31. The van der Waals surface area contributed by atoms with Crippen molar-refractivity contribution in [3.05, 3.63) is 60.2 Å². The first-order valence-electron chi connectivity index (χ1n) is 11.0. The Balaban J connectivity index is 1.31. The predicted molar refractivity (Wildman–Crippen MR) is 123 cm³/mol. The van der Waals surface area contributed by atoms with Crippen LogP contribution in [0.4, 0.5) is 5.82 Å². The normalized spacial score (nSPS) is 16.8. The minimum Gasteiger partial charge on any atom is -0.383 e. The molecule has 32 heavy (non-hydrogen) atoms. The Kier molecular flexibility index (Phi) is 5.87.